The summed E-state index contributed by atoms with van der Waals surface area (Å²) in [7, 11) is -0.945. The molecule has 0 amide bonds. The predicted octanol–water partition coefficient (Wildman–Crippen LogP) is -0.219. The Kier molecular flexibility index (Phi) is 2.01. The van der Waals surface area contributed by atoms with Crippen molar-refractivity contribution < 1.29 is 8.42 Å². The molecule has 1 aliphatic heterocycles. The molecule has 0 aromatic rings. The molecule has 2 unspecified atom stereocenters. The lowest BCUT2D eigenvalue weighted by Gasteiger charge is -2.02. The molecule has 1 saturated heterocycles. The predicted molar refractivity (Wildman–Crippen MR) is 40.7 cm³/mol. The zero-order valence-corrected chi connectivity index (χ0v) is 7.11. The summed E-state index contributed by atoms with van der Waals surface area (Å²) in [6, 6.07) is 0.181. The second kappa shape index (κ2) is 2.51. The third kappa shape index (κ3) is 1.32. The van der Waals surface area contributed by atoms with Crippen LogP contribution in [0, 0.1) is 0 Å². The van der Waals surface area contributed by atoms with Gasteiger partial charge in [-0.3, -0.25) is 0 Å². The van der Waals surface area contributed by atoms with Crippen LogP contribution < -0.4 is 5.32 Å². The highest BCUT2D eigenvalue weighted by molar-refractivity contribution is 7.92. The van der Waals surface area contributed by atoms with E-state index in [1.807, 2.05) is 0 Å². The van der Waals surface area contributed by atoms with E-state index < -0.39 is 9.84 Å². The zero-order valence-electron chi connectivity index (χ0n) is 6.29. The zero-order chi connectivity index (χ0) is 7.78. The summed E-state index contributed by atoms with van der Waals surface area (Å²) in [5.41, 5.74) is 0. The van der Waals surface area contributed by atoms with Crippen molar-refractivity contribution in [2.24, 2.45) is 0 Å². The molecule has 0 radical (unpaired) electrons. The molecule has 0 bridgehead atoms. The molecule has 0 aromatic heterocycles. The molecule has 1 fully saturated rings. The van der Waals surface area contributed by atoms with Crippen LogP contribution in [0.5, 0.6) is 0 Å². The summed E-state index contributed by atoms with van der Waals surface area (Å²) in [4.78, 5) is 0. The normalized spacial score (nSPS) is 38.2. The van der Waals surface area contributed by atoms with Gasteiger partial charge in [-0.15, -0.1) is 0 Å². The lowest BCUT2D eigenvalue weighted by atomic mass is 10.2. The van der Waals surface area contributed by atoms with Crippen LogP contribution in [0.2, 0.25) is 0 Å². The minimum Gasteiger partial charge on any atom is -0.316 e. The summed E-state index contributed by atoms with van der Waals surface area (Å²) < 4.78 is 22.2. The second-order valence-electron chi connectivity index (χ2n) is 2.86. The number of rotatable bonds is 1. The molecule has 60 valence electrons. The Morgan fingerprint density at radius 2 is 2.10 bits per heavy atom. The van der Waals surface area contributed by atoms with Gasteiger partial charge in [-0.05, 0) is 20.4 Å². The molecule has 2 atom stereocenters. The van der Waals surface area contributed by atoms with E-state index in [9.17, 15) is 8.42 Å². The minimum atomic E-state index is -2.75. The maximum absolute atomic E-state index is 11.1. The van der Waals surface area contributed by atoms with Crippen LogP contribution in [0.15, 0.2) is 0 Å². The van der Waals surface area contributed by atoms with Crippen molar-refractivity contribution in [1.29, 1.82) is 0 Å². The SMILES string of the molecule is CNC1CC(C)S(=O)(=O)C1. The van der Waals surface area contributed by atoms with Gasteiger partial charge < -0.3 is 5.32 Å². The first-order valence-electron chi connectivity index (χ1n) is 3.45. The highest BCUT2D eigenvalue weighted by Gasteiger charge is 2.33. The highest BCUT2D eigenvalue weighted by atomic mass is 32.2. The molecule has 0 aliphatic carbocycles. The summed E-state index contributed by atoms with van der Waals surface area (Å²) in [6.45, 7) is 1.77. The Bertz CT molecular complexity index is 210. The molecule has 3 nitrogen and oxygen atoms in total. The fourth-order valence-corrected chi connectivity index (χ4v) is 2.98. The molecular formula is C6H13NO2S. The molecule has 1 aliphatic rings. The van der Waals surface area contributed by atoms with Crippen molar-refractivity contribution in [1.82, 2.24) is 5.32 Å². The van der Waals surface area contributed by atoms with Crippen LogP contribution in [-0.4, -0.2) is 32.5 Å². The van der Waals surface area contributed by atoms with Crippen molar-refractivity contribution in [3.05, 3.63) is 0 Å². The molecule has 1 N–H and O–H groups in total. The summed E-state index contributed by atoms with van der Waals surface area (Å²) in [5.74, 6) is 0.310. The van der Waals surface area contributed by atoms with Crippen LogP contribution in [0.1, 0.15) is 13.3 Å². The summed E-state index contributed by atoms with van der Waals surface area (Å²) >= 11 is 0. The molecule has 0 spiro atoms. The van der Waals surface area contributed by atoms with Crippen molar-refractivity contribution in [2.75, 3.05) is 12.8 Å². The number of nitrogens with one attached hydrogen (secondary N) is 1. The molecule has 1 heterocycles. The highest BCUT2D eigenvalue weighted by Crippen LogP contribution is 2.19. The van der Waals surface area contributed by atoms with E-state index in [4.69, 9.17) is 0 Å². The maximum Gasteiger partial charge on any atom is 0.154 e. The Balaban J connectivity index is 2.71. The second-order valence-corrected chi connectivity index (χ2v) is 5.33. The smallest absolute Gasteiger partial charge is 0.154 e. The van der Waals surface area contributed by atoms with Crippen LogP contribution >= 0.6 is 0 Å². The van der Waals surface area contributed by atoms with Gasteiger partial charge in [-0.2, -0.15) is 0 Å². The van der Waals surface area contributed by atoms with Crippen LogP contribution in [0.4, 0.5) is 0 Å². The Hall–Kier alpha value is -0.0900. The van der Waals surface area contributed by atoms with Crippen LogP contribution in [0.25, 0.3) is 0 Å². The van der Waals surface area contributed by atoms with Crippen molar-refractivity contribution in [3.63, 3.8) is 0 Å². The monoisotopic (exact) mass is 163 g/mol. The fraction of sp³-hybridized carbons (Fsp3) is 1.00. The van der Waals surface area contributed by atoms with E-state index in [1.54, 1.807) is 14.0 Å². The Labute approximate surface area is 61.7 Å². The van der Waals surface area contributed by atoms with E-state index in [-0.39, 0.29) is 11.3 Å². The van der Waals surface area contributed by atoms with Crippen molar-refractivity contribution >= 4 is 9.84 Å². The lowest BCUT2D eigenvalue weighted by Crippen LogP contribution is -2.25. The van der Waals surface area contributed by atoms with Gasteiger partial charge in [0.25, 0.3) is 0 Å². The fourth-order valence-electron chi connectivity index (χ4n) is 1.26. The number of sulfone groups is 1. The molecule has 10 heavy (non-hydrogen) atoms. The summed E-state index contributed by atoms with van der Waals surface area (Å²) in [5, 5.41) is 2.82. The third-order valence-corrected chi connectivity index (χ3v) is 4.36. The van der Waals surface area contributed by atoms with Crippen molar-refractivity contribution in [2.45, 2.75) is 24.6 Å². The quantitative estimate of drug-likeness (QED) is 0.581. The third-order valence-electron chi connectivity index (χ3n) is 2.07. The van der Waals surface area contributed by atoms with E-state index >= 15 is 0 Å². The first kappa shape index (κ1) is 8.01. The molecule has 0 aromatic carbocycles. The summed E-state index contributed by atoms with van der Waals surface area (Å²) in [6.07, 6.45) is 0.763. The molecule has 0 saturated carbocycles. The topological polar surface area (TPSA) is 46.2 Å². The maximum atomic E-state index is 11.1. The van der Waals surface area contributed by atoms with Gasteiger partial charge in [0.15, 0.2) is 9.84 Å². The van der Waals surface area contributed by atoms with Gasteiger partial charge in [0.2, 0.25) is 0 Å². The van der Waals surface area contributed by atoms with Gasteiger partial charge in [0.1, 0.15) is 0 Å². The van der Waals surface area contributed by atoms with Crippen LogP contribution in [0.3, 0.4) is 0 Å². The van der Waals surface area contributed by atoms with E-state index in [2.05, 4.69) is 5.32 Å². The average Bonchev–Trinajstić information content (AvgIpc) is 2.08. The average molecular weight is 163 g/mol. The van der Waals surface area contributed by atoms with E-state index in [1.165, 1.54) is 0 Å². The Morgan fingerprint density at radius 3 is 2.30 bits per heavy atom. The van der Waals surface area contributed by atoms with Crippen molar-refractivity contribution in [3.8, 4) is 0 Å². The molecule has 4 heteroatoms. The van der Waals surface area contributed by atoms with Gasteiger partial charge in [-0.25, -0.2) is 8.42 Å². The molecule has 1 rings (SSSR count). The van der Waals surface area contributed by atoms with Gasteiger partial charge in [-0.1, -0.05) is 0 Å². The van der Waals surface area contributed by atoms with Gasteiger partial charge in [0.05, 0.1) is 11.0 Å². The van der Waals surface area contributed by atoms with E-state index in [0.29, 0.717) is 5.75 Å². The van der Waals surface area contributed by atoms with Gasteiger partial charge in [0, 0.05) is 6.04 Å². The first-order valence-corrected chi connectivity index (χ1v) is 5.16. The standard InChI is InChI=1S/C6H13NO2S/c1-5-3-6(7-2)4-10(5,8)9/h5-7H,3-4H2,1-2H3. The minimum absolute atomic E-state index is 0.148. The molecular weight excluding hydrogens is 150 g/mol. The first-order chi connectivity index (χ1) is 4.56. The van der Waals surface area contributed by atoms with Crippen LogP contribution in [-0.2, 0) is 9.84 Å². The lowest BCUT2D eigenvalue weighted by molar-refractivity contribution is 0.592. The number of hydrogen-bond donors (Lipinski definition) is 1. The van der Waals surface area contributed by atoms with Gasteiger partial charge >= 0.3 is 0 Å². The number of hydrogen-bond acceptors (Lipinski definition) is 3. The largest absolute Gasteiger partial charge is 0.316 e. The van der Waals surface area contributed by atoms with E-state index in [0.717, 1.165) is 6.42 Å². The Morgan fingerprint density at radius 1 is 1.50 bits per heavy atom.